The predicted octanol–water partition coefficient (Wildman–Crippen LogP) is 5.00. The maximum atomic E-state index is 13.5. The molecule has 38 heavy (non-hydrogen) atoms. The molecule has 1 aliphatic carbocycles. The second-order valence-electron chi connectivity index (χ2n) is 9.76. The zero-order chi connectivity index (χ0) is 26.3. The fourth-order valence-electron chi connectivity index (χ4n) is 4.88. The van der Waals surface area contributed by atoms with E-state index >= 15 is 0 Å². The fourth-order valence-corrected chi connectivity index (χ4v) is 5.37. The van der Waals surface area contributed by atoms with Crippen molar-refractivity contribution in [2.24, 2.45) is 7.05 Å². The molecule has 0 spiro atoms. The molecule has 1 aliphatic rings. The first-order valence-corrected chi connectivity index (χ1v) is 13.3. The van der Waals surface area contributed by atoms with Crippen LogP contribution in [0.5, 0.6) is 0 Å². The molecule has 6 rings (SSSR count). The van der Waals surface area contributed by atoms with Gasteiger partial charge in [0.2, 0.25) is 5.91 Å². The van der Waals surface area contributed by atoms with E-state index in [4.69, 9.17) is 4.98 Å². The Morgan fingerprint density at radius 3 is 2.68 bits per heavy atom. The van der Waals surface area contributed by atoms with E-state index in [1.807, 2.05) is 50.5 Å². The Morgan fingerprint density at radius 2 is 1.97 bits per heavy atom. The molecule has 2 aromatic carbocycles. The van der Waals surface area contributed by atoms with Gasteiger partial charge in [0.05, 0.1) is 34.9 Å². The topological polar surface area (TPSA) is 102 Å². The quantitative estimate of drug-likeness (QED) is 0.313. The lowest BCUT2D eigenvalue weighted by atomic mass is 9.96. The van der Waals surface area contributed by atoms with Crippen LogP contribution in [0, 0.1) is 6.92 Å². The van der Waals surface area contributed by atoms with Gasteiger partial charge in [0.1, 0.15) is 5.82 Å². The summed E-state index contributed by atoms with van der Waals surface area (Å²) in [6.45, 7) is 1.90. The van der Waals surface area contributed by atoms with Crippen LogP contribution in [-0.4, -0.2) is 31.6 Å². The molecule has 0 bridgehead atoms. The Hall–Kier alpha value is -4.37. The van der Waals surface area contributed by atoms with Crippen molar-refractivity contribution >= 4 is 39.9 Å². The summed E-state index contributed by atoms with van der Waals surface area (Å²) in [6, 6.07) is 15.7. The molecule has 1 fully saturated rings. The highest BCUT2D eigenvalue weighted by atomic mass is 32.1. The van der Waals surface area contributed by atoms with Crippen molar-refractivity contribution < 1.29 is 9.59 Å². The molecular weight excluding hydrogens is 496 g/mol. The monoisotopic (exact) mass is 522 g/mol. The standard InChI is InChI=1S/C29H26N6O2S/c1-18-11-19(12-27(36)33-26-16-38-17-30-26)7-8-21(18)28(37)34-29(9-10-29)23-13-25(20-14-31-35(2)15-20)32-24-6-4-3-5-22(23)24/h3-8,11,13-17H,9-10,12H2,1-2H3,(H,33,36)(H,34,37). The van der Waals surface area contributed by atoms with Crippen LogP contribution in [0.1, 0.15) is 39.9 Å². The molecular formula is C29H26N6O2S. The number of fused-ring (bicyclic) bond motifs is 1. The van der Waals surface area contributed by atoms with Crippen LogP contribution in [0.2, 0.25) is 0 Å². The van der Waals surface area contributed by atoms with Crippen molar-refractivity contribution in [2.75, 3.05) is 5.32 Å². The van der Waals surface area contributed by atoms with E-state index in [0.29, 0.717) is 11.4 Å². The number of amides is 2. The SMILES string of the molecule is Cc1cc(CC(=O)Nc2cscn2)ccc1C(=O)NC1(c2cc(-c3cnn(C)c3)nc3ccccc23)CC1. The minimum Gasteiger partial charge on any atom is -0.342 e. The third-order valence-electron chi connectivity index (χ3n) is 6.94. The van der Waals surface area contributed by atoms with E-state index in [1.165, 1.54) is 11.3 Å². The van der Waals surface area contributed by atoms with Crippen LogP contribution in [0.25, 0.3) is 22.2 Å². The van der Waals surface area contributed by atoms with Gasteiger partial charge >= 0.3 is 0 Å². The maximum Gasteiger partial charge on any atom is 0.252 e. The van der Waals surface area contributed by atoms with Gasteiger partial charge in [0.25, 0.3) is 5.91 Å². The second-order valence-corrected chi connectivity index (χ2v) is 10.5. The van der Waals surface area contributed by atoms with Crippen LogP contribution in [0.3, 0.4) is 0 Å². The first kappa shape index (κ1) is 24.0. The van der Waals surface area contributed by atoms with Crippen molar-refractivity contribution in [3.05, 3.63) is 94.1 Å². The zero-order valence-corrected chi connectivity index (χ0v) is 21.9. The van der Waals surface area contributed by atoms with E-state index < -0.39 is 5.54 Å². The van der Waals surface area contributed by atoms with E-state index in [9.17, 15) is 9.59 Å². The smallest absolute Gasteiger partial charge is 0.252 e. The minimum absolute atomic E-state index is 0.123. The number of carbonyl (C=O) groups excluding carboxylic acids is 2. The number of aryl methyl sites for hydroxylation is 2. The van der Waals surface area contributed by atoms with Gasteiger partial charge in [-0.05, 0) is 54.7 Å². The van der Waals surface area contributed by atoms with E-state index in [-0.39, 0.29) is 18.2 Å². The summed E-state index contributed by atoms with van der Waals surface area (Å²) in [7, 11) is 1.88. The Morgan fingerprint density at radius 1 is 1.13 bits per heavy atom. The first-order chi connectivity index (χ1) is 18.4. The number of rotatable bonds is 7. The van der Waals surface area contributed by atoms with Crippen molar-refractivity contribution in [2.45, 2.75) is 31.7 Å². The molecule has 2 N–H and O–H groups in total. The first-order valence-electron chi connectivity index (χ1n) is 12.4. The summed E-state index contributed by atoms with van der Waals surface area (Å²) in [4.78, 5) is 34.8. The van der Waals surface area contributed by atoms with Crippen molar-refractivity contribution in [1.29, 1.82) is 0 Å². The molecule has 5 aromatic rings. The summed E-state index contributed by atoms with van der Waals surface area (Å²) in [6.07, 6.45) is 5.67. The average molecular weight is 523 g/mol. The van der Waals surface area contributed by atoms with Crippen LogP contribution in [0.4, 0.5) is 5.82 Å². The van der Waals surface area contributed by atoms with E-state index in [1.54, 1.807) is 27.8 Å². The summed E-state index contributed by atoms with van der Waals surface area (Å²) in [5.74, 6) is 0.290. The number of nitrogens with one attached hydrogen (secondary N) is 2. The largest absolute Gasteiger partial charge is 0.342 e. The van der Waals surface area contributed by atoms with Crippen molar-refractivity contribution in [3.63, 3.8) is 0 Å². The maximum absolute atomic E-state index is 13.5. The molecule has 0 aliphatic heterocycles. The third-order valence-corrected chi connectivity index (χ3v) is 7.52. The van der Waals surface area contributed by atoms with Gasteiger partial charge < -0.3 is 10.6 Å². The normalized spacial score (nSPS) is 13.8. The number of aromatic nitrogens is 4. The molecule has 3 heterocycles. The number of hydrogen-bond acceptors (Lipinski definition) is 6. The number of para-hydroxylation sites is 1. The van der Waals surface area contributed by atoms with E-state index in [0.717, 1.165) is 51.7 Å². The van der Waals surface area contributed by atoms with Crippen LogP contribution in [-0.2, 0) is 23.8 Å². The lowest BCUT2D eigenvalue weighted by Gasteiger charge is -2.21. The van der Waals surface area contributed by atoms with Gasteiger partial charge in [-0.2, -0.15) is 5.10 Å². The molecule has 0 unspecified atom stereocenters. The van der Waals surface area contributed by atoms with Gasteiger partial charge in [-0.1, -0.05) is 30.3 Å². The van der Waals surface area contributed by atoms with Gasteiger partial charge in [0, 0.05) is 35.1 Å². The Kier molecular flexibility index (Phi) is 6.00. The summed E-state index contributed by atoms with van der Waals surface area (Å²) in [5.41, 5.74) is 7.23. The number of anilines is 1. The number of carbonyl (C=O) groups is 2. The number of hydrogen-bond donors (Lipinski definition) is 2. The number of nitrogens with zero attached hydrogens (tertiary/aromatic N) is 4. The highest BCUT2D eigenvalue weighted by Crippen LogP contribution is 2.48. The predicted molar refractivity (Wildman–Crippen MR) is 148 cm³/mol. The third kappa shape index (κ3) is 4.68. The Balaban J connectivity index is 1.25. The zero-order valence-electron chi connectivity index (χ0n) is 21.1. The highest BCUT2D eigenvalue weighted by Gasteiger charge is 2.47. The van der Waals surface area contributed by atoms with Crippen LogP contribution >= 0.6 is 11.3 Å². The Bertz CT molecular complexity index is 1670. The lowest BCUT2D eigenvalue weighted by molar-refractivity contribution is -0.115. The average Bonchev–Trinajstić information content (AvgIpc) is 3.26. The fraction of sp³-hybridized carbons (Fsp3) is 0.207. The molecule has 1 saturated carbocycles. The number of pyridine rings is 1. The van der Waals surface area contributed by atoms with E-state index in [2.05, 4.69) is 32.8 Å². The summed E-state index contributed by atoms with van der Waals surface area (Å²) >= 11 is 1.43. The summed E-state index contributed by atoms with van der Waals surface area (Å²) in [5, 5.41) is 13.2. The highest BCUT2D eigenvalue weighted by molar-refractivity contribution is 7.07. The molecule has 0 saturated heterocycles. The Labute approximate surface area is 223 Å². The van der Waals surface area contributed by atoms with Gasteiger partial charge in [-0.3, -0.25) is 14.3 Å². The molecule has 2 amide bonds. The lowest BCUT2D eigenvalue weighted by Crippen LogP contribution is -2.35. The van der Waals surface area contributed by atoms with Gasteiger partial charge in [-0.15, -0.1) is 11.3 Å². The molecule has 0 atom stereocenters. The number of thiazole rings is 1. The molecule has 3 aromatic heterocycles. The van der Waals surface area contributed by atoms with Crippen LogP contribution < -0.4 is 10.6 Å². The second kappa shape index (κ2) is 9.50. The molecule has 9 heteroatoms. The van der Waals surface area contributed by atoms with Crippen LogP contribution in [0.15, 0.2) is 71.8 Å². The molecule has 0 radical (unpaired) electrons. The van der Waals surface area contributed by atoms with Crippen molar-refractivity contribution in [1.82, 2.24) is 25.1 Å². The molecule has 8 nitrogen and oxygen atoms in total. The summed E-state index contributed by atoms with van der Waals surface area (Å²) < 4.78 is 1.76. The number of benzene rings is 2. The molecule has 190 valence electrons. The van der Waals surface area contributed by atoms with Crippen molar-refractivity contribution in [3.8, 4) is 11.3 Å². The van der Waals surface area contributed by atoms with Gasteiger partial charge in [-0.25, -0.2) is 9.97 Å². The minimum atomic E-state index is -0.449. The van der Waals surface area contributed by atoms with Gasteiger partial charge in [0.15, 0.2) is 0 Å².